The van der Waals surface area contributed by atoms with Gasteiger partial charge in [0, 0.05) is 18.6 Å². The van der Waals surface area contributed by atoms with Crippen LogP contribution in [0.3, 0.4) is 0 Å². The normalized spacial score (nSPS) is 17.9. The molecule has 0 N–H and O–H groups in total. The lowest BCUT2D eigenvalue weighted by molar-refractivity contribution is -0.135. The summed E-state index contributed by atoms with van der Waals surface area (Å²) in [4.78, 5) is 15.7. The van der Waals surface area contributed by atoms with E-state index in [0.29, 0.717) is 24.4 Å². The smallest absolute Gasteiger partial charge is 0.233 e. The summed E-state index contributed by atoms with van der Waals surface area (Å²) in [6.45, 7) is 3.21. The Morgan fingerprint density at radius 1 is 1.00 bits per heavy atom. The number of hydrogen-bond acceptors (Lipinski definition) is 5. The number of ether oxygens (including phenoxy) is 1. The van der Waals surface area contributed by atoms with Crippen LogP contribution in [0.2, 0.25) is 0 Å². The molecule has 1 amide bonds. The van der Waals surface area contributed by atoms with E-state index < -0.39 is 0 Å². The van der Waals surface area contributed by atoms with E-state index in [4.69, 9.17) is 4.74 Å². The van der Waals surface area contributed by atoms with Gasteiger partial charge in [-0.3, -0.25) is 4.79 Å². The van der Waals surface area contributed by atoms with Gasteiger partial charge in [-0.25, -0.2) is 0 Å². The van der Waals surface area contributed by atoms with Gasteiger partial charge in [0.25, 0.3) is 0 Å². The van der Waals surface area contributed by atoms with E-state index in [0.717, 1.165) is 23.3 Å². The molecule has 6 nitrogen and oxygen atoms in total. The minimum absolute atomic E-state index is 0.279. The van der Waals surface area contributed by atoms with Gasteiger partial charge in [-0.2, -0.15) is 0 Å². The summed E-state index contributed by atoms with van der Waals surface area (Å²) in [5, 5.41) is 9.53. The van der Waals surface area contributed by atoms with Crippen LogP contribution in [0.5, 0.6) is 5.75 Å². The molecule has 32 heavy (non-hydrogen) atoms. The van der Waals surface area contributed by atoms with Crippen LogP contribution in [0.25, 0.3) is 0 Å². The topological polar surface area (TPSA) is 60.2 Å². The van der Waals surface area contributed by atoms with E-state index in [1.165, 1.54) is 76.0 Å². The van der Waals surface area contributed by atoms with Crippen LogP contribution in [0.15, 0.2) is 35.5 Å². The predicted molar refractivity (Wildman–Crippen MR) is 128 cm³/mol. The maximum absolute atomic E-state index is 13.5. The Hall–Kier alpha value is -2.02. The second kappa shape index (κ2) is 11.7. The van der Waals surface area contributed by atoms with Crippen LogP contribution in [-0.2, 0) is 17.9 Å². The van der Waals surface area contributed by atoms with Crippen molar-refractivity contribution in [3.63, 3.8) is 0 Å². The highest BCUT2D eigenvalue weighted by Crippen LogP contribution is 2.31. The molecule has 174 valence electrons. The molecule has 0 radical (unpaired) electrons. The number of rotatable bonds is 9. The number of aromatic nitrogens is 3. The third-order valence-electron chi connectivity index (χ3n) is 6.77. The van der Waals surface area contributed by atoms with E-state index in [9.17, 15) is 4.79 Å². The van der Waals surface area contributed by atoms with Gasteiger partial charge in [0.05, 0.1) is 5.75 Å². The maximum Gasteiger partial charge on any atom is 0.233 e. The molecule has 0 spiro atoms. The van der Waals surface area contributed by atoms with Gasteiger partial charge in [0.2, 0.25) is 5.91 Å². The summed E-state index contributed by atoms with van der Waals surface area (Å²) in [6, 6.07) is 10.6. The van der Waals surface area contributed by atoms with Crippen molar-refractivity contribution in [1.29, 1.82) is 0 Å². The number of thioether (sulfide) groups is 1. The van der Waals surface area contributed by atoms with Gasteiger partial charge in [-0.1, -0.05) is 68.5 Å². The highest BCUT2D eigenvalue weighted by atomic mass is 32.2. The van der Waals surface area contributed by atoms with Crippen LogP contribution in [-0.4, -0.2) is 43.4 Å². The molecular formula is C25H36N4O2S. The van der Waals surface area contributed by atoms with E-state index in [1.807, 2.05) is 30.3 Å². The highest BCUT2D eigenvalue weighted by molar-refractivity contribution is 7.99. The Morgan fingerprint density at radius 2 is 1.62 bits per heavy atom. The fourth-order valence-corrected chi connectivity index (χ4v) is 6.03. The summed E-state index contributed by atoms with van der Waals surface area (Å²) < 4.78 is 7.92. The molecule has 0 atom stereocenters. The van der Waals surface area contributed by atoms with Crippen molar-refractivity contribution in [2.24, 2.45) is 0 Å². The highest BCUT2D eigenvalue weighted by Gasteiger charge is 2.32. The molecule has 2 fully saturated rings. The summed E-state index contributed by atoms with van der Waals surface area (Å²) in [7, 11) is 0. The van der Waals surface area contributed by atoms with Gasteiger partial charge in [0.1, 0.15) is 12.4 Å². The molecule has 0 aliphatic heterocycles. The first kappa shape index (κ1) is 23.1. The lowest BCUT2D eigenvalue weighted by Crippen LogP contribution is -2.49. The van der Waals surface area contributed by atoms with E-state index in [1.54, 1.807) is 0 Å². The zero-order valence-electron chi connectivity index (χ0n) is 19.2. The number of benzene rings is 1. The van der Waals surface area contributed by atoms with Crippen molar-refractivity contribution in [2.45, 2.75) is 102 Å². The van der Waals surface area contributed by atoms with Gasteiger partial charge in [-0.15, -0.1) is 10.2 Å². The Morgan fingerprint density at radius 3 is 2.22 bits per heavy atom. The number of hydrogen-bond donors (Lipinski definition) is 0. The average molecular weight is 457 g/mol. The molecule has 1 heterocycles. The van der Waals surface area contributed by atoms with E-state index in [2.05, 4.69) is 26.6 Å². The van der Waals surface area contributed by atoms with Crippen molar-refractivity contribution < 1.29 is 9.53 Å². The van der Waals surface area contributed by atoms with Crippen molar-refractivity contribution in [1.82, 2.24) is 19.7 Å². The van der Waals surface area contributed by atoms with Gasteiger partial charge >= 0.3 is 0 Å². The van der Waals surface area contributed by atoms with Crippen LogP contribution in [0.4, 0.5) is 0 Å². The van der Waals surface area contributed by atoms with E-state index in [-0.39, 0.29) is 5.91 Å². The van der Waals surface area contributed by atoms with Crippen molar-refractivity contribution >= 4 is 17.7 Å². The molecule has 2 aliphatic carbocycles. The van der Waals surface area contributed by atoms with Crippen LogP contribution in [0, 0.1) is 0 Å². The van der Waals surface area contributed by atoms with E-state index >= 15 is 0 Å². The minimum Gasteiger partial charge on any atom is -0.486 e. The molecule has 7 heteroatoms. The Bertz CT molecular complexity index is 827. The third-order valence-corrected chi connectivity index (χ3v) is 7.72. The maximum atomic E-state index is 13.5. The second-order valence-corrected chi connectivity index (χ2v) is 9.86. The summed E-state index contributed by atoms with van der Waals surface area (Å²) in [5.74, 6) is 2.33. The molecular weight excluding hydrogens is 420 g/mol. The molecule has 4 rings (SSSR count). The molecule has 0 bridgehead atoms. The molecule has 0 saturated heterocycles. The lowest BCUT2D eigenvalue weighted by atomic mass is 9.88. The molecule has 1 aromatic heterocycles. The fraction of sp³-hybridized carbons (Fsp3) is 0.640. The molecule has 2 aromatic rings. The zero-order chi connectivity index (χ0) is 22.2. The molecule has 1 aromatic carbocycles. The number of carbonyl (C=O) groups excluding carboxylic acids is 1. The number of para-hydroxylation sites is 1. The third kappa shape index (κ3) is 5.85. The number of carbonyl (C=O) groups is 1. The monoisotopic (exact) mass is 456 g/mol. The number of nitrogens with zero attached hydrogens (tertiary/aromatic N) is 4. The first-order chi connectivity index (χ1) is 15.8. The molecule has 0 unspecified atom stereocenters. The Balaban J connectivity index is 1.39. The van der Waals surface area contributed by atoms with Gasteiger partial charge < -0.3 is 14.2 Å². The summed E-state index contributed by atoms with van der Waals surface area (Å²) >= 11 is 1.52. The zero-order valence-corrected chi connectivity index (χ0v) is 20.1. The first-order valence-electron chi connectivity index (χ1n) is 12.3. The molecule has 2 saturated carbocycles. The van der Waals surface area contributed by atoms with Crippen LogP contribution >= 0.6 is 11.8 Å². The predicted octanol–water partition coefficient (Wildman–Crippen LogP) is 5.46. The molecule has 2 aliphatic rings. The van der Waals surface area contributed by atoms with Gasteiger partial charge in [-0.05, 0) is 44.7 Å². The average Bonchev–Trinajstić information content (AvgIpc) is 3.25. The van der Waals surface area contributed by atoms with Crippen LogP contribution in [0.1, 0.15) is 77.0 Å². The lowest BCUT2D eigenvalue weighted by Gasteiger charge is -2.41. The fourth-order valence-electron chi connectivity index (χ4n) is 5.14. The van der Waals surface area contributed by atoms with Gasteiger partial charge in [0.15, 0.2) is 11.0 Å². The number of amides is 1. The van der Waals surface area contributed by atoms with Crippen LogP contribution < -0.4 is 4.74 Å². The largest absolute Gasteiger partial charge is 0.486 e. The SMILES string of the molecule is CCn1c(COc2ccccc2)nnc1SCC(=O)N(C1CCCCC1)C1CCCCC1. The summed E-state index contributed by atoms with van der Waals surface area (Å²) in [5.41, 5.74) is 0. The minimum atomic E-state index is 0.279. The van der Waals surface area contributed by atoms with Crippen molar-refractivity contribution in [3.05, 3.63) is 36.2 Å². The quantitative estimate of drug-likeness (QED) is 0.469. The van der Waals surface area contributed by atoms with Crippen molar-refractivity contribution in [3.8, 4) is 5.75 Å². The Labute approximate surface area is 196 Å². The van der Waals surface area contributed by atoms with Crippen molar-refractivity contribution in [2.75, 3.05) is 5.75 Å². The Kier molecular flexibility index (Phi) is 8.49. The standard InChI is InChI=1S/C25H36N4O2S/c1-2-28-23(18-31-22-16-10-5-11-17-22)26-27-25(28)32-19-24(30)29(20-12-6-3-7-13-20)21-14-8-4-9-15-21/h5,10-11,16-17,20-21H,2-4,6-9,12-15,18-19H2,1H3. The second-order valence-electron chi connectivity index (χ2n) is 8.92. The first-order valence-corrected chi connectivity index (χ1v) is 13.3. The summed E-state index contributed by atoms with van der Waals surface area (Å²) in [6.07, 6.45) is 12.3.